The number of ether oxygens (including phenoxy) is 1. The van der Waals surface area contributed by atoms with Gasteiger partial charge in [0, 0.05) is 42.4 Å². The molecule has 0 atom stereocenters. The van der Waals surface area contributed by atoms with Crippen LogP contribution in [0, 0.1) is 0 Å². The first-order chi connectivity index (χ1) is 20.9. The molecule has 0 aliphatic heterocycles. The molecule has 43 heavy (non-hydrogen) atoms. The van der Waals surface area contributed by atoms with Crippen LogP contribution in [0.5, 0.6) is 5.75 Å². The van der Waals surface area contributed by atoms with Gasteiger partial charge in [-0.3, -0.25) is 9.59 Å². The Labute approximate surface area is 264 Å². The average molecular weight is 638 g/mol. The van der Waals surface area contributed by atoms with Crippen molar-refractivity contribution in [1.82, 2.24) is 20.6 Å². The number of hydrazine groups is 1. The normalized spacial score (nSPS) is 10.9. The lowest BCUT2D eigenvalue weighted by Gasteiger charge is -2.11. The highest BCUT2D eigenvalue weighted by atomic mass is 35.5. The van der Waals surface area contributed by atoms with Crippen molar-refractivity contribution in [3.05, 3.63) is 118 Å². The fraction of sp³-hybridized carbons (Fsp3) is 0.161. The number of pyridine rings is 2. The number of thioether (sulfide) groups is 1. The first-order valence-corrected chi connectivity index (χ1v) is 15.1. The van der Waals surface area contributed by atoms with E-state index in [1.807, 2.05) is 42.5 Å². The van der Waals surface area contributed by atoms with Crippen molar-refractivity contribution < 1.29 is 14.3 Å². The van der Waals surface area contributed by atoms with Gasteiger partial charge >= 0.3 is 0 Å². The number of aromatic nitrogens is 2. The van der Waals surface area contributed by atoms with E-state index in [0.717, 1.165) is 22.6 Å². The van der Waals surface area contributed by atoms with E-state index >= 15 is 0 Å². The molecule has 4 aromatic rings. The smallest absolute Gasteiger partial charge is 0.252 e. The summed E-state index contributed by atoms with van der Waals surface area (Å²) in [5, 5.41) is 6.63. The van der Waals surface area contributed by atoms with Gasteiger partial charge in [-0.25, -0.2) is 15.8 Å². The van der Waals surface area contributed by atoms with E-state index in [1.54, 1.807) is 36.4 Å². The zero-order valence-corrected chi connectivity index (χ0v) is 25.4. The number of nitrogen functional groups attached to an aromatic ring is 1. The lowest BCUT2D eigenvalue weighted by atomic mass is 10.2. The van der Waals surface area contributed by atoms with E-state index in [0.29, 0.717) is 45.2 Å². The second kappa shape index (κ2) is 16.5. The first-order valence-electron chi connectivity index (χ1n) is 13.3. The largest absolute Gasteiger partial charge is 0.491 e. The molecule has 0 bridgehead atoms. The van der Waals surface area contributed by atoms with Crippen molar-refractivity contribution in [2.24, 2.45) is 5.84 Å². The van der Waals surface area contributed by atoms with Gasteiger partial charge in [-0.2, -0.15) is 0 Å². The molecular formula is C31H30Cl2N6O3S. The second-order valence-electron chi connectivity index (χ2n) is 9.07. The molecule has 222 valence electrons. The Balaban J connectivity index is 1.36. The highest BCUT2D eigenvalue weighted by Crippen LogP contribution is 2.35. The van der Waals surface area contributed by atoms with Gasteiger partial charge < -0.3 is 20.8 Å². The third kappa shape index (κ3) is 10.0. The number of carbonyl (C=O) groups is 2. The number of nitrogens with two attached hydrogens (primary N) is 1. The maximum Gasteiger partial charge on any atom is 0.252 e. The summed E-state index contributed by atoms with van der Waals surface area (Å²) in [6.45, 7) is 0.912. The van der Waals surface area contributed by atoms with E-state index in [1.165, 1.54) is 24.0 Å². The molecule has 2 aromatic heterocycles. The van der Waals surface area contributed by atoms with Crippen molar-refractivity contribution >= 4 is 58.7 Å². The van der Waals surface area contributed by atoms with Crippen LogP contribution in [-0.2, 0) is 17.0 Å². The van der Waals surface area contributed by atoms with Crippen LogP contribution in [0.25, 0.3) is 6.08 Å². The van der Waals surface area contributed by atoms with E-state index in [4.69, 9.17) is 38.8 Å². The van der Waals surface area contributed by atoms with Crippen LogP contribution in [-0.4, -0.2) is 41.5 Å². The second-order valence-corrected chi connectivity index (χ2v) is 10.9. The van der Waals surface area contributed by atoms with Gasteiger partial charge in [-0.1, -0.05) is 59.6 Å². The van der Waals surface area contributed by atoms with Crippen LogP contribution < -0.4 is 26.6 Å². The summed E-state index contributed by atoms with van der Waals surface area (Å²) >= 11 is 14.1. The van der Waals surface area contributed by atoms with Gasteiger partial charge in [0.15, 0.2) is 0 Å². The minimum atomic E-state index is -0.339. The highest BCUT2D eigenvalue weighted by Gasteiger charge is 2.11. The summed E-state index contributed by atoms with van der Waals surface area (Å²) in [5.41, 5.74) is 5.22. The number of hydrogen-bond acceptors (Lipinski definition) is 8. The van der Waals surface area contributed by atoms with E-state index in [2.05, 4.69) is 21.0 Å². The third-order valence-electron chi connectivity index (χ3n) is 5.99. The minimum Gasteiger partial charge on any atom is -0.491 e. The minimum absolute atomic E-state index is 0.230. The molecule has 0 fully saturated rings. The number of halogens is 2. The molecule has 0 spiro atoms. The van der Waals surface area contributed by atoms with Crippen LogP contribution in [0.2, 0.25) is 10.0 Å². The number of rotatable bonds is 14. The number of hydrogen-bond donors (Lipinski definition) is 4. The Morgan fingerprint density at radius 1 is 0.930 bits per heavy atom. The summed E-state index contributed by atoms with van der Waals surface area (Å²) in [7, 11) is 0. The van der Waals surface area contributed by atoms with Crippen molar-refractivity contribution in [2.45, 2.75) is 17.1 Å². The molecule has 9 nitrogen and oxygen atoms in total. The van der Waals surface area contributed by atoms with Gasteiger partial charge in [0.1, 0.15) is 17.3 Å². The van der Waals surface area contributed by atoms with Crippen molar-refractivity contribution in [2.75, 3.05) is 25.1 Å². The Bertz CT molecular complexity index is 1540. The summed E-state index contributed by atoms with van der Waals surface area (Å²) < 4.78 is 6.05. The molecule has 0 radical (unpaired) electrons. The zero-order valence-electron chi connectivity index (χ0n) is 23.1. The number of amides is 2. The monoisotopic (exact) mass is 636 g/mol. The molecular weight excluding hydrogens is 607 g/mol. The lowest BCUT2D eigenvalue weighted by Crippen LogP contribution is -2.34. The van der Waals surface area contributed by atoms with Crippen LogP contribution in [0.4, 0.5) is 5.82 Å². The number of nitrogens with one attached hydrogen (secondary N) is 3. The number of carbonyl (C=O) groups excluding carboxylic acids is 2. The Hall–Kier alpha value is -4.09. The quantitative estimate of drug-likeness (QED) is 0.0466. The van der Waals surface area contributed by atoms with Crippen molar-refractivity contribution in [1.29, 1.82) is 0 Å². The molecule has 12 heteroatoms. The summed E-state index contributed by atoms with van der Waals surface area (Å²) in [6, 6.07) is 22.3. The zero-order chi connectivity index (χ0) is 30.4. The predicted octanol–water partition coefficient (Wildman–Crippen LogP) is 5.54. The Kier molecular flexibility index (Phi) is 12.2. The molecule has 2 amide bonds. The Morgan fingerprint density at radius 2 is 1.70 bits per heavy atom. The topological polar surface area (TPSA) is 131 Å². The molecule has 2 aromatic carbocycles. The number of benzene rings is 2. The van der Waals surface area contributed by atoms with Gasteiger partial charge in [-0.15, -0.1) is 11.8 Å². The van der Waals surface area contributed by atoms with Crippen LogP contribution in [0.1, 0.15) is 27.3 Å². The molecule has 0 aliphatic carbocycles. The molecule has 4 rings (SSSR count). The number of nitrogens with zero attached hydrogens (tertiary/aromatic N) is 2. The summed E-state index contributed by atoms with van der Waals surface area (Å²) in [4.78, 5) is 34.3. The van der Waals surface area contributed by atoms with Crippen LogP contribution >= 0.6 is 35.0 Å². The van der Waals surface area contributed by atoms with Crippen molar-refractivity contribution in [3.8, 4) is 5.75 Å². The summed E-state index contributed by atoms with van der Waals surface area (Å²) in [5.74, 6) is 6.16. The maximum atomic E-state index is 12.5. The molecule has 5 N–H and O–H groups in total. The molecule has 0 unspecified atom stereocenters. The van der Waals surface area contributed by atoms with Crippen LogP contribution in [0.3, 0.4) is 0 Å². The van der Waals surface area contributed by atoms with E-state index in [9.17, 15) is 9.59 Å². The molecule has 0 saturated carbocycles. The first kappa shape index (κ1) is 31.8. The Morgan fingerprint density at radius 3 is 2.42 bits per heavy atom. The predicted molar refractivity (Wildman–Crippen MR) is 172 cm³/mol. The molecule has 0 aliphatic rings. The van der Waals surface area contributed by atoms with Gasteiger partial charge in [-0.05, 0) is 48.0 Å². The van der Waals surface area contributed by atoms with E-state index in [-0.39, 0.29) is 24.9 Å². The maximum absolute atomic E-state index is 12.5. The van der Waals surface area contributed by atoms with Crippen LogP contribution in [0.15, 0.2) is 90.0 Å². The SMILES string of the molecule is NNc1ccc(C(=O)NCCNC(=O)/C=C/c2nc(CSc3c(Cl)cccc3Cl)ccc2OCCc2ccccc2)cn1. The van der Waals surface area contributed by atoms with Gasteiger partial charge in [0.25, 0.3) is 5.91 Å². The average Bonchev–Trinajstić information content (AvgIpc) is 3.03. The highest BCUT2D eigenvalue weighted by molar-refractivity contribution is 7.98. The van der Waals surface area contributed by atoms with Crippen molar-refractivity contribution in [3.63, 3.8) is 0 Å². The van der Waals surface area contributed by atoms with E-state index < -0.39 is 0 Å². The summed E-state index contributed by atoms with van der Waals surface area (Å²) in [6.07, 6.45) is 5.14. The lowest BCUT2D eigenvalue weighted by molar-refractivity contribution is -0.116. The number of anilines is 1. The van der Waals surface area contributed by atoms with Gasteiger partial charge in [0.2, 0.25) is 5.91 Å². The third-order valence-corrected chi connectivity index (χ3v) is 8.02. The molecule has 0 saturated heterocycles. The van der Waals surface area contributed by atoms with Gasteiger partial charge in [0.05, 0.1) is 27.9 Å². The fourth-order valence-electron chi connectivity index (χ4n) is 3.81. The fourth-order valence-corrected chi connectivity index (χ4v) is 5.40. The standard InChI is InChI=1S/C31H30Cl2N6O3S/c32-24-7-4-8-25(33)30(24)43-20-23-10-12-27(42-18-15-21-5-2-1-3-6-21)26(38-23)11-14-29(40)35-16-17-36-31(41)22-9-13-28(39-34)37-19-22/h1-14,19H,15-18,20,34H2,(H,35,40)(H,36,41)(H,37,39)/b14-11+. The molecule has 2 heterocycles.